The molecule has 29 heavy (non-hydrogen) atoms. The van der Waals surface area contributed by atoms with E-state index in [4.69, 9.17) is 4.42 Å². The molecule has 0 spiro atoms. The van der Waals surface area contributed by atoms with Crippen molar-refractivity contribution in [2.24, 2.45) is 4.99 Å². The molecule has 0 aliphatic rings. The van der Waals surface area contributed by atoms with Crippen LogP contribution in [0.5, 0.6) is 0 Å². The molecule has 5 nitrogen and oxygen atoms in total. The number of hydrogen-bond acceptors (Lipinski definition) is 3. The van der Waals surface area contributed by atoms with Crippen molar-refractivity contribution in [3.63, 3.8) is 0 Å². The van der Waals surface area contributed by atoms with Crippen LogP contribution in [0.3, 0.4) is 0 Å². The molecule has 0 amide bonds. The fourth-order valence-electron chi connectivity index (χ4n) is 2.71. The highest BCUT2D eigenvalue weighted by molar-refractivity contribution is 14.0. The van der Waals surface area contributed by atoms with E-state index in [2.05, 4.69) is 20.6 Å². The van der Waals surface area contributed by atoms with E-state index in [-0.39, 0.29) is 24.0 Å². The zero-order valence-corrected chi connectivity index (χ0v) is 18.5. The Morgan fingerprint density at radius 3 is 2.62 bits per heavy atom. The topological polar surface area (TPSA) is 62.5 Å². The molecule has 1 unspecified atom stereocenters. The molecule has 0 saturated carbocycles. The Morgan fingerprint density at radius 1 is 1.17 bits per heavy atom. The van der Waals surface area contributed by atoms with E-state index in [0.29, 0.717) is 36.2 Å². The maximum absolute atomic E-state index is 14.0. The van der Waals surface area contributed by atoms with E-state index < -0.39 is 17.7 Å². The Bertz CT molecular complexity index is 947. The van der Waals surface area contributed by atoms with Crippen LogP contribution in [0.2, 0.25) is 0 Å². The molecule has 8 heteroatoms. The number of rotatable bonds is 6. The Hall–Kier alpha value is -2.49. The Morgan fingerprint density at radius 2 is 1.93 bits per heavy atom. The molecule has 0 bridgehead atoms. The van der Waals surface area contributed by atoms with E-state index in [9.17, 15) is 8.78 Å². The first kappa shape index (κ1) is 22.8. The van der Waals surface area contributed by atoms with Crippen molar-refractivity contribution in [1.29, 1.82) is 0 Å². The predicted octanol–water partition coefficient (Wildman–Crippen LogP) is 5.05. The van der Waals surface area contributed by atoms with Gasteiger partial charge in [-0.05, 0) is 32.0 Å². The molecule has 1 aromatic heterocycles. The van der Waals surface area contributed by atoms with Gasteiger partial charge in [0.1, 0.15) is 23.6 Å². The molecule has 3 rings (SSSR count). The molecule has 1 atom stereocenters. The van der Waals surface area contributed by atoms with Crippen molar-refractivity contribution in [1.82, 2.24) is 15.6 Å². The molecule has 2 N–H and O–H groups in total. The molecule has 1 heterocycles. The number of oxazole rings is 1. The molecule has 2 aromatic carbocycles. The largest absolute Gasteiger partial charge is 0.444 e. The van der Waals surface area contributed by atoms with Gasteiger partial charge in [0, 0.05) is 23.7 Å². The molecular formula is C21H23F2IN4O. The second-order valence-corrected chi connectivity index (χ2v) is 6.24. The third-order valence-corrected chi connectivity index (χ3v) is 4.10. The predicted molar refractivity (Wildman–Crippen MR) is 120 cm³/mol. The van der Waals surface area contributed by atoms with Crippen LogP contribution < -0.4 is 10.6 Å². The monoisotopic (exact) mass is 512 g/mol. The van der Waals surface area contributed by atoms with Crippen LogP contribution in [-0.2, 0) is 6.54 Å². The average Bonchev–Trinajstić information content (AvgIpc) is 3.16. The molecule has 0 aliphatic heterocycles. The number of nitrogens with one attached hydrogen (secondary N) is 2. The standard InChI is InChI=1S/C21H22F2N4O.HI/c1-3-24-21(26-14(2)18-10-9-16(22)11-19(18)23)25-12-17-13-28-20(27-17)15-7-5-4-6-8-15;/h4-11,13-14H,3,12H2,1-2H3,(H2,24,25,26);1H. The van der Waals surface area contributed by atoms with Gasteiger partial charge in [-0.1, -0.05) is 24.3 Å². The second kappa shape index (κ2) is 10.9. The first-order chi connectivity index (χ1) is 13.6. The summed E-state index contributed by atoms with van der Waals surface area (Å²) in [6, 6.07) is 12.7. The SMILES string of the molecule is CCNC(=NCc1coc(-c2ccccc2)n1)NC(C)c1ccc(F)cc1F.I. The van der Waals surface area contributed by atoms with Gasteiger partial charge in [-0.25, -0.2) is 18.8 Å². The molecule has 3 aromatic rings. The van der Waals surface area contributed by atoms with Gasteiger partial charge in [-0.3, -0.25) is 0 Å². The zero-order valence-electron chi connectivity index (χ0n) is 16.2. The first-order valence-electron chi connectivity index (χ1n) is 9.06. The molecule has 0 radical (unpaired) electrons. The Balaban J connectivity index is 0.00000300. The normalized spacial score (nSPS) is 12.2. The summed E-state index contributed by atoms with van der Waals surface area (Å²) in [6.07, 6.45) is 1.57. The van der Waals surface area contributed by atoms with Crippen molar-refractivity contribution >= 4 is 29.9 Å². The third-order valence-electron chi connectivity index (χ3n) is 4.10. The zero-order chi connectivity index (χ0) is 19.9. The van der Waals surface area contributed by atoms with Crippen LogP contribution in [0.25, 0.3) is 11.5 Å². The van der Waals surface area contributed by atoms with Gasteiger partial charge < -0.3 is 15.1 Å². The fourth-order valence-corrected chi connectivity index (χ4v) is 2.71. The molecule has 0 fully saturated rings. The lowest BCUT2D eigenvalue weighted by molar-refractivity contribution is 0.551. The number of guanidine groups is 1. The summed E-state index contributed by atoms with van der Waals surface area (Å²) < 4.78 is 32.6. The summed E-state index contributed by atoms with van der Waals surface area (Å²) in [5, 5.41) is 6.23. The van der Waals surface area contributed by atoms with E-state index in [0.717, 1.165) is 11.6 Å². The summed E-state index contributed by atoms with van der Waals surface area (Å²) in [7, 11) is 0. The lowest BCUT2D eigenvalue weighted by atomic mass is 10.1. The lowest BCUT2D eigenvalue weighted by Gasteiger charge is -2.18. The van der Waals surface area contributed by atoms with Crippen LogP contribution in [0.4, 0.5) is 8.78 Å². The van der Waals surface area contributed by atoms with Crippen LogP contribution >= 0.6 is 24.0 Å². The quantitative estimate of drug-likeness (QED) is 0.276. The molecule has 154 valence electrons. The van der Waals surface area contributed by atoms with Crippen LogP contribution in [0, 0.1) is 11.6 Å². The molecule has 0 saturated heterocycles. The highest BCUT2D eigenvalue weighted by Gasteiger charge is 2.13. The summed E-state index contributed by atoms with van der Waals surface area (Å²) in [5.41, 5.74) is 1.93. The number of aromatic nitrogens is 1. The van der Waals surface area contributed by atoms with E-state index >= 15 is 0 Å². The van der Waals surface area contributed by atoms with Crippen LogP contribution in [0.15, 0.2) is 64.2 Å². The highest BCUT2D eigenvalue weighted by atomic mass is 127. The maximum atomic E-state index is 14.0. The van der Waals surface area contributed by atoms with Gasteiger partial charge in [0.2, 0.25) is 5.89 Å². The summed E-state index contributed by atoms with van der Waals surface area (Å²) >= 11 is 0. The van der Waals surface area contributed by atoms with Gasteiger partial charge in [0.15, 0.2) is 5.96 Å². The van der Waals surface area contributed by atoms with Crippen molar-refractivity contribution in [2.75, 3.05) is 6.54 Å². The minimum absolute atomic E-state index is 0. The minimum atomic E-state index is -0.603. The van der Waals surface area contributed by atoms with Gasteiger partial charge in [0.05, 0.1) is 12.6 Å². The van der Waals surface area contributed by atoms with Crippen molar-refractivity contribution < 1.29 is 13.2 Å². The molecule has 0 aliphatic carbocycles. The van der Waals surface area contributed by atoms with Crippen molar-refractivity contribution in [3.8, 4) is 11.5 Å². The van der Waals surface area contributed by atoms with Gasteiger partial charge >= 0.3 is 0 Å². The number of benzene rings is 2. The maximum Gasteiger partial charge on any atom is 0.226 e. The lowest BCUT2D eigenvalue weighted by Crippen LogP contribution is -2.39. The summed E-state index contributed by atoms with van der Waals surface area (Å²) in [6.45, 7) is 4.65. The van der Waals surface area contributed by atoms with Crippen molar-refractivity contribution in [2.45, 2.75) is 26.4 Å². The minimum Gasteiger partial charge on any atom is -0.444 e. The van der Waals surface area contributed by atoms with E-state index in [1.165, 1.54) is 12.1 Å². The number of nitrogens with zero attached hydrogens (tertiary/aromatic N) is 2. The number of aliphatic imine (C=N–C) groups is 1. The van der Waals surface area contributed by atoms with Gasteiger partial charge in [-0.2, -0.15) is 0 Å². The first-order valence-corrected chi connectivity index (χ1v) is 9.06. The van der Waals surface area contributed by atoms with Crippen LogP contribution in [-0.4, -0.2) is 17.5 Å². The van der Waals surface area contributed by atoms with Gasteiger partial charge in [0.25, 0.3) is 0 Å². The third kappa shape index (κ3) is 6.25. The Kier molecular flexibility index (Phi) is 8.56. The van der Waals surface area contributed by atoms with E-state index in [1.54, 1.807) is 13.2 Å². The van der Waals surface area contributed by atoms with Gasteiger partial charge in [-0.15, -0.1) is 24.0 Å². The smallest absolute Gasteiger partial charge is 0.226 e. The van der Waals surface area contributed by atoms with E-state index in [1.807, 2.05) is 37.3 Å². The number of hydrogen-bond donors (Lipinski definition) is 2. The van der Waals surface area contributed by atoms with Crippen molar-refractivity contribution in [3.05, 3.63) is 77.7 Å². The Labute approximate surface area is 185 Å². The second-order valence-electron chi connectivity index (χ2n) is 6.24. The fraction of sp³-hybridized carbons (Fsp3) is 0.238. The highest BCUT2D eigenvalue weighted by Crippen LogP contribution is 2.19. The average molecular weight is 512 g/mol. The molecular weight excluding hydrogens is 489 g/mol. The summed E-state index contributed by atoms with van der Waals surface area (Å²) in [5.74, 6) is -0.164. The summed E-state index contributed by atoms with van der Waals surface area (Å²) in [4.78, 5) is 8.92. The number of halogens is 3. The van der Waals surface area contributed by atoms with Crippen LogP contribution in [0.1, 0.15) is 31.1 Å².